The van der Waals surface area contributed by atoms with E-state index >= 15 is 0 Å². The van der Waals surface area contributed by atoms with Crippen molar-refractivity contribution in [2.75, 3.05) is 19.5 Å². The number of ether oxygens (including phenoxy) is 2. The number of hydrogen-bond donors (Lipinski definition) is 1. The minimum Gasteiger partial charge on any atom is -0.497 e. The molecule has 1 aromatic carbocycles. The van der Waals surface area contributed by atoms with Crippen molar-refractivity contribution in [1.29, 1.82) is 0 Å². The van der Waals surface area contributed by atoms with Crippen LogP contribution in [0.15, 0.2) is 30.3 Å². The summed E-state index contributed by atoms with van der Waals surface area (Å²) in [6, 6.07) is 8.85. The Bertz CT molecular complexity index is 531. The molecule has 0 saturated carbocycles. The van der Waals surface area contributed by atoms with Crippen LogP contribution in [-0.2, 0) is 0 Å². The third kappa shape index (κ3) is 2.81. The van der Waals surface area contributed by atoms with E-state index in [-0.39, 0.29) is 0 Å². The van der Waals surface area contributed by atoms with E-state index < -0.39 is 0 Å². The van der Waals surface area contributed by atoms with Gasteiger partial charge in [0.2, 0.25) is 0 Å². The van der Waals surface area contributed by atoms with E-state index in [1.165, 1.54) is 0 Å². The molecule has 94 valence electrons. The van der Waals surface area contributed by atoms with Gasteiger partial charge < -0.3 is 14.8 Å². The number of nitrogens with one attached hydrogen (secondary N) is 1. The first-order valence-corrected chi connectivity index (χ1v) is 5.59. The van der Waals surface area contributed by atoms with E-state index in [9.17, 15) is 0 Å². The predicted octanol–water partition coefficient (Wildman–Crippen LogP) is 2.89. The van der Waals surface area contributed by atoms with Gasteiger partial charge in [0.25, 0.3) is 0 Å². The molecule has 0 radical (unpaired) electrons. The number of nitrogens with zero attached hydrogens (tertiary/aromatic N) is 2. The van der Waals surface area contributed by atoms with E-state index in [1.54, 1.807) is 32.4 Å². The number of anilines is 2. The first-order valence-electron chi connectivity index (χ1n) is 5.21. The summed E-state index contributed by atoms with van der Waals surface area (Å²) in [5, 5.41) is 11.1. The number of aromatic nitrogens is 2. The minimum atomic E-state index is 0.349. The van der Waals surface area contributed by atoms with Gasteiger partial charge in [-0.1, -0.05) is 11.6 Å². The molecule has 0 aliphatic rings. The van der Waals surface area contributed by atoms with Gasteiger partial charge in [0.1, 0.15) is 11.5 Å². The zero-order valence-electron chi connectivity index (χ0n) is 9.98. The monoisotopic (exact) mass is 265 g/mol. The predicted molar refractivity (Wildman–Crippen MR) is 69.9 cm³/mol. The third-order valence-electron chi connectivity index (χ3n) is 2.30. The first kappa shape index (κ1) is 12.4. The highest BCUT2D eigenvalue weighted by atomic mass is 35.5. The fraction of sp³-hybridized carbons (Fsp3) is 0.167. The second-order valence-corrected chi connectivity index (χ2v) is 3.82. The van der Waals surface area contributed by atoms with Crippen molar-refractivity contribution >= 4 is 23.1 Å². The Kier molecular flexibility index (Phi) is 3.84. The lowest BCUT2D eigenvalue weighted by Crippen LogP contribution is -1.98. The minimum absolute atomic E-state index is 0.349. The molecule has 5 nitrogen and oxygen atoms in total. The quantitative estimate of drug-likeness (QED) is 0.921. The van der Waals surface area contributed by atoms with Crippen LogP contribution in [0, 0.1) is 0 Å². The molecule has 0 atom stereocenters. The van der Waals surface area contributed by atoms with Crippen molar-refractivity contribution in [3.05, 3.63) is 35.5 Å². The first-order chi connectivity index (χ1) is 8.72. The van der Waals surface area contributed by atoms with Gasteiger partial charge in [0.15, 0.2) is 11.0 Å². The van der Waals surface area contributed by atoms with Crippen molar-refractivity contribution in [2.24, 2.45) is 0 Å². The lowest BCUT2D eigenvalue weighted by molar-refractivity contribution is 0.395. The van der Waals surface area contributed by atoms with Crippen LogP contribution in [0.5, 0.6) is 11.5 Å². The molecule has 1 aromatic heterocycles. The van der Waals surface area contributed by atoms with Crippen LogP contribution >= 0.6 is 11.6 Å². The van der Waals surface area contributed by atoms with Gasteiger partial charge in [-0.2, -0.15) is 0 Å². The molecule has 0 amide bonds. The molecular weight excluding hydrogens is 254 g/mol. The summed E-state index contributed by atoms with van der Waals surface area (Å²) < 4.78 is 10.4. The number of hydrogen-bond acceptors (Lipinski definition) is 5. The van der Waals surface area contributed by atoms with Crippen molar-refractivity contribution in [2.45, 2.75) is 0 Å². The SMILES string of the molecule is COc1ccc(Nc2ccc(Cl)nn2)c(OC)c1. The Hall–Kier alpha value is -2.01. The summed E-state index contributed by atoms with van der Waals surface area (Å²) in [6.07, 6.45) is 0. The summed E-state index contributed by atoms with van der Waals surface area (Å²) in [5.74, 6) is 1.97. The van der Waals surface area contributed by atoms with Crippen LogP contribution < -0.4 is 14.8 Å². The molecule has 0 saturated heterocycles. The Morgan fingerprint density at radius 3 is 2.50 bits per heavy atom. The maximum absolute atomic E-state index is 5.67. The molecule has 2 aromatic rings. The average molecular weight is 266 g/mol. The molecule has 18 heavy (non-hydrogen) atoms. The fourth-order valence-corrected chi connectivity index (χ4v) is 1.52. The van der Waals surface area contributed by atoms with Crippen molar-refractivity contribution < 1.29 is 9.47 Å². The summed E-state index contributed by atoms with van der Waals surface area (Å²) >= 11 is 5.67. The molecule has 6 heteroatoms. The largest absolute Gasteiger partial charge is 0.497 e. The topological polar surface area (TPSA) is 56.3 Å². The zero-order chi connectivity index (χ0) is 13.0. The van der Waals surface area contributed by atoms with Crippen molar-refractivity contribution in [3.63, 3.8) is 0 Å². The summed E-state index contributed by atoms with van der Waals surface area (Å²) in [7, 11) is 3.19. The average Bonchev–Trinajstić information content (AvgIpc) is 2.41. The molecule has 1 N–H and O–H groups in total. The molecule has 0 bridgehead atoms. The molecule has 0 unspecified atom stereocenters. The highest BCUT2D eigenvalue weighted by Crippen LogP contribution is 2.30. The van der Waals surface area contributed by atoms with Crippen LogP contribution in [-0.4, -0.2) is 24.4 Å². The lowest BCUT2D eigenvalue weighted by atomic mass is 10.2. The highest BCUT2D eigenvalue weighted by Gasteiger charge is 2.06. The second-order valence-electron chi connectivity index (χ2n) is 3.43. The standard InChI is InChI=1S/C12H12ClN3O2/c1-17-8-3-4-9(10(7-8)18-2)14-12-6-5-11(13)15-16-12/h3-7H,1-2H3,(H,14,16). The smallest absolute Gasteiger partial charge is 0.153 e. The molecule has 2 rings (SSSR count). The Labute approximate surface area is 110 Å². The normalized spacial score (nSPS) is 9.94. The van der Waals surface area contributed by atoms with Crippen LogP contribution in [0.1, 0.15) is 0 Å². The highest BCUT2D eigenvalue weighted by molar-refractivity contribution is 6.29. The maximum Gasteiger partial charge on any atom is 0.153 e. The lowest BCUT2D eigenvalue weighted by Gasteiger charge is -2.11. The molecule has 0 spiro atoms. The van der Waals surface area contributed by atoms with Gasteiger partial charge in [0, 0.05) is 6.07 Å². The Morgan fingerprint density at radius 2 is 1.89 bits per heavy atom. The number of benzene rings is 1. The Balaban J connectivity index is 2.25. The third-order valence-corrected chi connectivity index (χ3v) is 2.51. The fourth-order valence-electron chi connectivity index (χ4n) is 1.42. The van der Waals surface area contributed by atoms with Crippen molar-refractivity contribution in [3.8, 4) is 11.5 Å². The van der Waals surface area contributed by atoms with Crippen LogP contribution in [0.4, 0.5) is 11.5 Å². The van der Waals surface area contributed by atoms with Gasteiger partial charge in [-0.3, -0.25) is 0 Å². The van der Waals surface area contributed by atoms with Gasteiger partial charge in [0.05, 0.1) is 19.9 Å². The molecular formula is C12H12ClN3O2. The van der Waals surface area contributed by atoms with E-state index in [0.717, 1.165) is 11.4 Å². The second kappa shape index (κ2) is 5.55. The molecule has 0 aliphatic heterocycles. The number of halogens is 1. The molecule has 0 fully saturated rings. The van der Waals surface area contributed by atoms with E-state index in [1.807, 2.05) is 12.1 Å². The summed E-state index contributed by atoms with van der Waals surface area (Å²) in [5.41, 5.74) is 0.773. The van der Waals surface area contributed by atoms with E-state index in [4.69, 9.17) is 21.1 Å². The number of rotatable bonds is 4. The van der Waals surface area contributed by atoms with Crippen LogP contribution in [0.3, 0.4) is 0 Å². The number of methoxy groups -OCH3 is 2. The van der Waals surface area contributed by atoms with Gasteiger partial charge in [-0.15, -0.1) is 10.2 Å². The van der Waals surface area contributed by atoms with Gasteiger partial charge >= 0.3 is 0 Å². The van der Waals surface area contributed by atoms with Crippen molar-refractivity contribution in [1.82, 2.24) is 10.2 Å². The maximum atomic E-state index is 5.67. The summed E-state index contributed by atoms with van der Waals surface area (Å²) in [4.78, 5) is 0. The van der Waals surface area contributed by atoms with Crippen LogP contribution in [0.25, 0.3) is 0 Å². The van der Waals surface area contributed by atoms with E-state index in [2.05, 4.69) is 15.5 Å². The zero-order valence-corrected chi connectivity index (χ0v) is 10.7. The molecule has 0 aliphatic carbocycles. The van der Waals surface area contributed by atoms with E-state index in [0.29, 0.717) is 16.7 Å². The molecule has 1 heterocycles. The van der Waals surface area contributed by atoms with Gasteiger partial charge in [-0.25, -0.2) is 0 Å². The summed E-state index contributed by atoms with van der Waals surface area (Å²) in [6.45, 7) is 0. The van der Waals surface area contributed by atoms with Crippen LogP contribution in [0.2, 0.25) is 5.15 Å². The Morgan fingerprint density at radius 1 is 1.06 bits per heavy atom. The van der Waals surface area contributed by atoms with Gasteiger partial charge in [-0.05, 0) is 24.3 Å².